The molecule has 1 atom stereocenters. The number of nitrogens with two attached hydrogens (primary N) is 1. The minimum absolute atomic E-state index is 0.383. The van der Waals surface area contributed by atoms with Crippen molar-refractivity contribution in [3.05, 3.63) is 12.4 Å². The summed E-state index contributed by atoms with van der Waals surface area (Å²) in [6.07, 6.45) is 9.07. The Bertz CT molecular complexity index is 301. The Morgan fingerprint density at radius 2 is 2.33 bits per heavy atom. The maximum absolute atomic E-state index is 5.82. The van der Waals surface area contributed by atoms with E-state index >= 15 is 0 Å². The molecule has 1 fully saturated rings. The second-order valence-electron chi connectivity index (χ2n) is 4.39. The van der Waals surface area contributed by atoms with Crippen LogP contribution < -0.4 is 11.1 Å². The standard InChI is InChI=1S/C11H20N4/c1-15-7-6-13-11(15)14-10(8-12)9-4-2-3-5-9/h6-7,9-10H,2-5,8,12H2,1H3,(H,13,14). The molecule has 0 saturated heterocycles. The molecule has 1 aromatic heterocycles. The maximum Gasteiger partial charge on any atom is 0.202 e. The second kappa shape index (κ2) is 4.66. The molecule has 1 heterocycles. The molecular formula is C11H20N4. The van der Waals surface area contributed by atoms with Crippen molar-refractivity contribution in [1.82, 2.24) is 9.55 Å². The number of aryl methyl sites for hydroxylation is 1. The van der Waals surface area contributed by atoms with Crippen molar-refractivity contribution in [3.63, 3.8) is 0 Å². The molecule has 1 aliphatic carbocycles. The lowest BCUT2D eigenvalue weighted by Crippen LogP contribution is -2.36. The van der Waals surface area contributed by atoms with Crippen LogP contribution in [0.5, 0.6) is 0 Å². The summed E-state index contributed by atoms with van der Waals surface area (Å²) in [5.41, 5.74) is 5.82. The Balaban J connectivity index is 1.98. The van der Waals surface area contributed by atoms with Gasteiger partial charge in [-0.25, -0.2) is 4.98 Å². The molecule has 1 aromatic rings. The van der Waals surface area contributed by atoms with Gasteiger partial charge >= 0.3 is 0 Å². The number of hydrogen-bond donors (Lipinski definition) is 2. The molecule has 1 saturated carbocycles. The molecular weight excluding hydrogens is 188 g/mol. The minimum atomic E-state index is 0.383. The van der Waals surface area contributed by atoms with Gasteiger partial charge in [-0.2, -0.15) is 0 Å². The predicted molar refractivity (Wildman–Crippen MR) is 61.6 cm³/mol. The number of anilines is 1. The fourth-order valence-corrected chi connectivity index (χ4v) is 2.40. The van der Waals surface area contributed by atoms with Gasteiger partial charge in [0.15, 0.2) is 0 Å². The van der Waals surface area contributed by atoms with E-state index in [1.54, 1.807) is 0 Å². The summed E-state index contributed by atoms with van der Waals surface area (Å²) in [6, 6.07) is 0.383. The van der Waals surface area contributed by atoms with E-state index < -0.39 is 0 Å². The first-order chi connectivity index (χ1) is 7.31. The number of hydrogen-bond acceptors (Lipinski definition) is 3. The zero-order chi connectivity index (χ0) is 10.7. The third-order valence-electron chi connectivity index (χ3n) is 3.36. The van der Waals surface area contributed by atoms with E-state index in [1.165, 1.54) is 25.7 Å². The van der Waals surface area contributed by atoms with Crippen molar-refractivity contribution < 1.29 is 0 Å². The molecule has 0 amide bonds. The number of nitrogens with one attached hydrogen (secondary N) is 1. The zero-order valence-electron chi connectivity index (χ0n) is 9.32. The molecule has 84 valence electrons. The Kier molecular flexibility index (Phi) is 3.26. The summed E-state index contributed by atoms with van der Waals surface area (Å²) < 4.78 is 2.00. The first kappa shape index (κ1) is 10.5. The van der Waals surface area contributed by atoms with Crippen LogP contribution in [-0.4, -0.2) is 22.1 Å². The van der Waals surface area contributed by atoms with Gasteiger partial charge in [-0.1, -0.05) is 12.8 Å². The molecule has 1 aliphatic rings. The van der Waals surface area contributed by atoms with Gasteiger partial charge in [-0.3, -0.25) is 0 Å². The quantitative estimate of drug-likeness (QED) is 0.785. The van der Waals surface area contributed by atoms with Gasteiger partial charge in [-0.05, 0) is 18.8 Å². The predicted octanol–water partition coefficient (Wildman–Crippen LogP) is 1.35. The second-order valence-corrected chi connectivity index (χ2v) is 4.39. The molecule has 0 radical (unpaired) electrons. The zero-order valence-corrected chi connectivity index (χ0v) is 9.32. The van der Waals surface area contributed by atoms with Gasteiger partial charge in [-0.15, -0.1) is 0 Å². The monoisotopic (exact) mass is 208 g/mol. The van der Waals surface area contributed by atoms with Crippen molar-refractivity contribution in [1.29, 1.82) is 0 Å². The number of nitrogens with zero attached hydrogens (tertiary/aromatic N) is 2. The lowest BCUT2D eigenvalue weighted by atomic mass is 9.98. The third-order valence-corrected chi connectivity index (χ3v) is 3.36. The van der Waals surface area contributed by atoms with Gasteiger partial charge in [0, 0.05) is 32.0 Å². The van der Waals surface area contributed by atoms with E-state index in [1.807, 2.05) is 24.0 Å². The molecule has 4 nitrogen and oxygen atoms in total. The van der Waals surface area contributed by atoms with E-state index in [2.05, 4.69) is 10.3 Å². The molecule has 3 N–H and O–H groups in total. The Hall–Kier alpha value is -1.03. The highest BCUT2D eigenvalue weighted by Gasteiger charge is 2.24. The molecule has 15 heavy (non-hydrogen) atoms. The molecule has 0 aromatic carbocycles. The average molecular weight is 208 g/mol. The van der Waals surface area contributed by atoms with Crippen molar-refractivity contribution >= 4 is 5.95 Å². The van der Waals surface area contributed by atoms with Crippen LogP contribution in [0.25, 0.3) is 0 Å². The first-order valence-corrected chi connectivity index (χ1v) is 5.75. The van der Waals surface area contributed by atoms with E-state index in [9.17, 15) is 0 Å². The van der Waals surface area contributed by atoms with Crippen LogP contribution in [0, 0.1) is 5.92 Å². The maximum atomic E-state index is 5.82. The van der Waals surface area contributed by atoms with E-state index in [4.69, 9.17) is 5.73 Å². The van der Waals surface area contributed by atoms with Crippen molar-refractivity contribution in [2.45, 2.75) is 31.7 Å². The highest BCUT2D eigenvalue weighted by Crippen LogP contribution is 2.28. The van der Waals surface area contributed by atoms with Crippen LogP contribution in [0.3, 0.4) is 0 Å². The van der Waals surface area contributed by atoms with E-state index in [-0.39, 0.29) is 0 Å². The fourth-order valence-electron chi connectivity index (χ4n) is 2.40. The van der Waals surface area contributed by atoms with Crippen LogP contribution in [0.4, 0.5) is 5.95 Å². The van der Waals surface area contributed by atoms with Crippen LogP contribution in [-0.2, 0) is 7.05 Å². The van der Waals surface area contributed by atoms with Crippen molar-refractivity contribution in [2.75, 3.05) is 11.9 Å². The van der Waals surface area contributed by atoms with Gasteiger partial charge < -0.3 is 15.6 Å². The number of rotatable bonds is 4. The van der Waals surface area contributed by atoms with Crippen LogP contribution >= 0.6 is 0 Å². The summed E-state index contributed by atoms with van der Waals surface area (Å²) in [5, 5.41) is 3.45. The van der Waals surface area contributed by atoms with Gasteiger partial charge in [0.2, 0.25) is 5.95 Å². The van der Waals surface area contributed by atoms with Gasteiger partial charge in [0.25, 0.3) is 0 Å². The van der Waals surface area contributed by atoms with Gasteiger partial charge in [0.05, 0.1) is 0 Å². The molecule has 0 spiro atoms. The SMILES string of the molecule is Cn1ccnc1NC(CN)C1CCCC1. The third kappa shape index (κ3) is 2.31. The topological polar surface area (TPSA) is 55.9 Å². The van der Waals surface area contributed by atoms with Crippen molar-refractivity contribution in [2.24, 2.45) is 18.7 Å². The average Bonchev–Trinajstić information content (AvgIpc) is 2.86. The Morgan fingerprint density at radius 3 is 2.87 bits per heavy atom. The molecule has 2 rings (SSSR count). The molecule has 0 aliphatic heterocycles. The number of aromatic nitrogens is 2. The summed E-state index contributed by atoms with van der Waals surface area (Å²) in [7, 11) is 2.00. The van der Waals surface area contributed by atoms with Crippen LogP contribution in [0.1, 0.15) is 25.7 Å². The smallest absolute Gasteiger partial charge is 0.202 e. The summed E-state index contributed by atoms with van der Waals surface area (Å²) >= 11 is 0. The summed E-state index contributed by atoms with van der Waals surface area (Å²) in [4.78, 5) is 4.27. The summed E-state index contributed by atoms with van der Waals surface area (Å²) in [6.45, 7) is 0.692. The minimum Gasteiger partial charge on any atom is -0.351 e. The van der Waals surface area contributed by atoms with Crippen LogP contribution in [0.15, 0.2) is 12.4 Å². The molecule has 4 heteroatoms. The highest BCUT2D eigenvalue weighted by molar-refractivity contribution is 5.27. The highest BCUT2D eigenvalue weighted by atomic mass is 15.2. The molecule has 0 bridgehead atoms. The lowest BCUT2D eigenvalue weighted by Gasteiger charge is -2.23. The number of imidazole rings is 1. The van der Waals surface area contributed by atoms with Crippen LogP contribution in [0.2, 0.25) is 0 Å². The Labute approximate surface area is 90.9 Å². The van der Waals surface area contributed by atoms with Crippen molar-refractivity contribution in [3.8, 4) is 0 Å². The van der Waals surface area contributed by atoms with E-state index in [0.29, 0.717) is 12.6 Å². The fraction of sp³-hybridized carbons (Fsp3) is 0.727. The van der Waals surface area contributed by atoms with Gasteiger partial charge in [0.1, 0.15) is 0 Å². The largest absolute Gasteiger partial charge is 0.351 e. The summed E-state index contributed by atoms with van der Waals surface area (Å²) in [5.74, 6) is 1.66. The normalized spacial score (nSPS) is 19.3. The molecule has 1 unspecified atom stereocenters. The van der Waals surface area contributed by atoms with E-state index in [0.717, 1.165) is 11.9 Å². The first-order valence-electron chi connectivity index (χ1n) is 5.75. The Morgan fingerprint density at radius 1 is 1.60 bits per heavy atom. The lowest BCUT2D eigenvalue weighted by molar-refractivity contribution is 0.459.